The van der Waals surface area contributed by atoms with Crippen LogP contribution in [0.25, 0.3) is 0 Å². The Balaban J connectivity index is 2.75. The summed E-state index contributed by atoms with van der Waals surface area (Å²) in [4.78, 5) is 11.2. The molecular formula is C10H10ClFOS. The van der Waals surface area contributed by atoms with Gasteiger partial charge in [0.2, 0.25) is 0 Å². The van der Waals surface area contributed by atoms with Crippen LogP contribution in [0, 0.1) is 5.82 Å². The molecule has 14 heavy (non-hydrogen) atoms. The van der Waals surface area contributed by atoms with E-state index in [4.69, 9.17) is 11.6 Å². The van der Waals surface area contributed by atoms with Gasteiger partial charge in [-0.25, -0.2) is 4.39 Å². The van der Waals surface area contributed by atoms with Crippen molar-refractivity contribution in [2.24, 2.45) is 0 Å². The van der Waals surface area contributed by atoms with Gasteiger partial charge in [-0.2, -0.15) is 11.8 Å². The van der Waals surface area contributed by atoms with Crippen molar-refractivity contribution in [2.45, 2.75) is 6.42 Å². The molecule has 0 fully saturated rings. The number of carbonyl (C=O) groups is 1. The highest BCUT2D eigenvalue weighted by molar-refractivity contribution is 7.99. The standard InChI is InChI=1S/C10H10ClFOS/c1-14-6-9(13)5-7-4-8(11)2-3-10(7)12/h2-4H,5-6H2,1H3. The molecule has 0 radical (unpaired) electrons. The molecule has 76 valence electrons. The fourth-order valence-corrected chi connectivity index (χ4v) is 1.72. The predicted molar refractivity (Wildman–Crippen MR) is 58.5 cm³/mol. The van der Waals surface area contributed by atoms with Crippen LogP contribution in [0.3, 0.4) is 0 Å². The smallest absolute Gasteiger partial charge is 0.147 e. The number of benzene rings is 1. The maximum absolute atomic E-state index is 13.2. The lowest BCUT2D eigenvalue weighted by Gasteiger charge is -2.02. The second-order valence-corrected chi connectivity index (χ2v) is 4.19. The first kappa shape index (κ1) is 11.5. The summed E-state index contributed by atoms with van der Waals surface area (Å²) < 4.78 is 13.2. The Morgan fingerprint density at radius 2 is 2.29 bits per heavy atom. The third-order valence-corrected chi connectivity index (χ3v) is 2.55. The molecule has 1 aromatic rings. The molecule has 0 aliphatic carbocycles. The van der Waals surface area contributed by atoms with Crippen LogP contribution >= 0.6 is 23.4 Å². The summed E-state index contributed by atoms with van der Waals surface area (Å²) in [6.07, 6.45) is 1.96. The molecule has 0 N–H and O–H groups in total. The number of carbonyl (C=O) groups excluding carboxylic acids is 1. The number of rotatable bonds is 4. The van der Waals surface area contributed by atoms with Crippen LogP contribution in [0.2, 0.25) is 5.02 Å². The maximum atomic E-state index is 13.2. The van der Waals surface area contributed by atoms with Gasteiger partial charge in [-0.1, -0.05) is 11.6 Å². The lowest BCUT2D eigenvalue weighted by atomic mass is 10.1. The average Bonchev–Trinajstić information content (AvgIpc) is 2.12. The Labute approximate surface area is 91.6 Å². The second-order valence-electron chi connectivity index (χ2n) is 2.88. The first-order valence-electron chi connectivity index (χ1n) is 4.08. The zero-order valence-electron chi connectivity index (χ0n) is 7.72. The molecule has 0 aliphatic heterocycles. The minimum Gasteiger partial charge on any atom is -0.298 e. The summed E-state index contributed by atoms with van der Waals surface area (Å²) >= 11 is 7.13. The third kappa shape index (κ3) is 3.31. The van der Waals surface area contributed by atoms with Crippen LogP contribution in [-0.2, 0) is 11.2 Å². The summed E-state index contributed by atoms with van der Waals surface area (Å²) in [6, 6.07) is 4.25. The monoisotopic (exact) mass is 232 g/mol. The summed E-state index contributed by atoms with van der Waals surface area (Å²) in [5, 5.41) is 0.457. The Morgan fingerprint density at radius 3 is 2.93 bits per heavy atom. The van der Waals surface area contributed by atoms with Crippen molar-refractivity contribution < 1.29 is 9.18 Å². The predicted octanol–water partition coefficient (Wildman–Crippen LogP) is 2.95. The van der Waals surface area contributed by atoms with E-state index in [2.05, 4.69) is 0 Å². The normalized spacial score (nSPS) is 10.2. The van der Waals surface area contributed by atoms with Crippen molar-refractivity contribution in [3.63, 3.8) is 0 Å². The molecule has 1 aromatic carbocycles. The molecule has 1 nitrogen and oxygen atoms in total. The van der Waals surface area contributed by atoms with Crippen molar-refractivity contribution in [2.75, 3.05) is 12.0 Å². The minimum absolute atomic E-state index is 0.0127. The second kappa shape index (κ2) is 5.37. The van der Waals surface area contributed by atoms with E-state index >= 15 is 0 Å². The van der Waals surface area contributed by atoms with Crippen molar-refractivity contribution in [3.05, 3.63) is 34.6 Å². The molecular weight excluding hydrogens is 223 g/mol. The molecule has 4 heteroatoms. The fraction of sp³-hybridized carbons (Fsp3) is 0.300. The Kier molecular flexibility index (Phi) is 4.42. The number of thioether (sulfide) groups is 1. The van der Waals surface area contributed by atoms with E-state index in [1.807, 2.05) is 6.26 Å². The fourth-order valence-electron chi connectivity index (χ4n) is 1.10. The van der Waals surface area contributed by atoms with E-state index in [-0.39, 0.29) is 18.0 Å². The molecule has 0 atom stereocenters. The number of hydrogen-bond donors (Lipinski definition) is 0. The molecule has 1 rings (SSSR count). The number of hydrogen-bond acceptors (Lipinski definition) is 2. The van der Waals surface area contributed by atoms with Crippen molar-refractivity contribution in [1.29, 1.82) is 0 Å². The summed E-state index contributed by atoms with van der Waals surface area (Å²) in [6.45, 7) is 0. The van der Waals surface area contributed by atoms with Crippen LogP contribution in [0.5, 0.6) is 0 Å². The van der Waals surface area contributed by atoms with Gasteiger partial charge in [0.05, 0.1) is 5.75 Å². The molecule has 0 aliphatic rings. The van der Waals surface area contributed by atoms with Gasteiger partial charge < -0.3 is 0 Å². The molecule has 0 amide bonds. The molecule has 0 saturated carbocycles. The maximum Gasteiger partial charge on any atom is 0.147 e. The van der Waals surface area contributed by atoms with Crippen LogP contribution in [0.15, 0.2) is 18.2 Å². The SMILES string of the molecule is CSCC(=O)Cc1cc(Cl)ccc1F. The lowest BCUT2D eigenvalue weighted by Crippen LogP contribution is -2.06. The Hall–Kier alpha value is -0.540. The molecule has 0 spiro atoms. The van der Waals surface area contributed by atoms with E-state index in [0.29, 0.717) is 16.3 Å². The van der Waals surface area contributed by atoms with Crippen LogP contribution < -0.4 is 0 Å². The lowest BCUT2D eigenvalue weighted by molar-refractivity contribution is -0.116. The van der Waals surface area contributed by atoms with Gasteiger partial charge in [-0.05, 0) is 30.0 Å². The Bertz CT molecular complexity index is 341. The van der Waals surface area contributed by atoms with E-state index in [1.165, 1.54) is 30.0 Å². The van der Waals surface area contributed by atoms with E-state index in [9.17, 15) is 9.18 Å². The zero-order chi connectivity index (χ0) is 10.6. The number of Topliss-reactive ketones (excluding diaryl/α,β-unsaturated/α-hetero) is 1. The zero-order valence-corrected chi connectivity index (χ0v) is 9.29. The van der Waals surface area contributed by atoms with Crippen molar-refractivity contribution >= 4 is 29.1 Å². The third-order valence-electron chi connectivity index (χ3n) is 1.70. The average molecular weight is 233 g/mol. The highest BCUT2D eigenvalue weighted by Gasteiger charge is 2.08. The summed E-state index contributed by atoms with van der Waals surface area (Å²) in [5.41, 5.74) is 0.372. The van der Waals surface area contributed by atoms with E-state index in [1.54, 1.807) is 0 Å². The van der Waals surface area contributed by atoms with E-state index in [0.717, 1.165) is 0 Å². The minimum atomic E-state index is -0.371. The number of halogens is 2. The van der Waals surface area contributed by atoms with Gasteiger partial charge in [0.25, 0.3) is 0 Å². The summed E-state index contributed by atoms with van der Waals surface area (Å²) in [7, 11) is 0. The van der Waals surface area contributed by atoms with E-state index < -0.39 is 0 Å². The first-order valence-corrected chi connectivity index (χ1v) is 5.85. The van der Waals surface area contributed by atoms with Gasteiger partial charge in [0, 0.05) is 11.4 Å². The number of ketones is 1. The van der Waals surface area contributed by atoms with Crippen LogP contribution in [-0.4, -0.2) is 17.8 Å². The molecule has 0 aromatic heterocycles. The molecule has 0 heterocycles. The highest BCUT2D eigenvalue weighted by Crippen LogP contribution is 2.15. The van der Waals surface area contributed by atoms with Crippen molar-refractivity contribution in [1.82, 2.24) is 0 Å². The van der Waals surface area contributed by atoms with Gasteiger partial charge in [0.15, 0.2) is 0 Å². The van der Waals surface area contributed by atoms with Crippen LogP contribution in [0.4, 0.5) is 4.39 Å². The van der Waals surface area contributed by atoms with Crippen molar-refractivity contribution in [3.8, 4) is 0 Å². The molecule has 0 saturated heterocycles. The van der Waals surface area contributed by atoms with Crippen LogP contribution in [0.1, 0.15) is 5.56 Å². The first-order chi connectivity index (χ1) is 6.63. The largest absolute Gasteiger partial charge is 0.298 e. The molecule has 0 bridgehead atoms. The Morgan fingerprint density at radius 1 is 1.57 bits per heavy atom. The topological polar surface area (TPSA) is 17.1 Å². The molecule has 0 unspecified atom stereocenters. The van der Waals surface area contributed by atoms with Gasteiger partial charge in [0.1, 0.15) is 11.6 Å². The quantitative estimate of drug-likeness (QED) is 0.794. The van der Waals surface area contributed by atoms with Gasteiger partial charge in [-0.3, -0.25) is 4.79 Å². The highest BCUT2D eigenvalue weighted by atomic mass is 35.5. The summed E-state index contributed by atoms with van der Waals surface area (Å²) in [5.74, 6) is 0.0499. The van der Waals surface area contributed by atoms with Gasteiger partial charge in [-0.15, -0.1) is 0 Å². The van der Waals surface area contributed by atoms with Gasteiger partial charge >= 0.3 is 0 Å².